The van der Waals surface area contributed by atoms with Gasteiger partial charge >= 0.3 is 0 Å². The second kappa shape index (κ2) is 5.84. The second-order valence-electron chi connectivity index (χ2n) is 5.89. The van der Waals surface area contributed by atoms with Gasteiger partial charge in [0.05, 0.1) is 0 Å². The molecule has 0 bridgehead atoms. The quantitative estimate of drug-likeness (QED) is 0.465. The molecule has 2 nitrogen and oxygen atoms in total. The minimum Gasteiger partial charge on any atom is -0.508 e. The Morgan fingerprint density at radius 3 is 2.04 bits per heavy atom. The van der Waals surface area contributed by atoms with Crippen LogP contribution in [0.4, 0.5) is 0 Å². The molecule has 0 aliphatic rings. The van der Waals surface area contributed by atoms with Crippen molar-refractivity contribution in [2.24, 2.45) is 0 Å². The van der Waals surface area contributed by atoms with E-state index in [-0.39, 0.29) is 11.5 Å². The molecule has 0 unspecified atom stereocenters. The van der Waals surface area contributed by atoms with E-state index < -0.39 is 0 Å². The Bertz CT molecular complexity index is 1070. The topological polar surface area (TPSA) is 40.5 Å². The molecule has 3 heteroatoms. The van der Waals surface area contributed by atoms with Gasteiger partial charge in [0.1, 0.15) is 11.5 Å². The molecule has 0 aliphatic heterocycles. The van der Waals surface area contributed by atoms with E-state index in [0.29, 0.717) is 6.42 Å². The number of hydrogen-bond acceptors (Lipinski definition) is 2. The molecule has 0 heterocycles. The van der Waals surface area contributed by atoms with Crippen molar-refractivity contribution in [1.82, 2.24) is 0 Å². The van der Waals surface area contributed by atoms with Crippen molar-refractivity contribution in [2.75, 3.05) is 0 Å². The highest BCUT2D eigenvalue weighted by molar-refractivity contribution is 9.10. The van der Waals surface area contributed by atoms with Gasteiger partial charge < -0.3 is 10.2 Å². The van der Waals surface area contributed by atoms with Gasteiger partial charge in [0, 0.05) is 22.0 Å². The van der Waals surface area contributed by atoms with Crippen LogP contribution >= 0.6 is 15.9 Å². The van der Waals surface area contributed by atoms with Gasteiger partial charge in [-0.2, -0.15) is 0 Å². The van der Waals surface area contributed by atoms with Gasteiger partial charge in [0.25, 0.3) is 0 Å². The second-order valence-corrected chi connectivity index (χ2v) is 6.81. The number of phenols is 2. The predicted octanol–water partition coefficient (Wildman–Crippen LogP) is 5.76. The van der Waals surface area contributed by atoms with Crippen LogP contribution in [0.5, 0.6) is 11.5 Å². The maximum Gasteiger partial charge on any atom is 0.119 e. The number of benzene rings is 4. The fourth-order valence-corrected chi connectivity index (χ4v) is 3.61. The van der Waals surface area contributed by atoms with Crippen LogP contribution in [0.25, 0.3) is 21.5 Å². The lowest BCUT2D eigenvalue weighted by Gasteiger charge is -2.13. The number of aromatic hydroxyl groups is 2. The van der Waals surface area contributed by atoms with Gasteiger partial charge in [-0.3, -0.25) is 0 Å². The van der Waals surface area contributed by atoms with Crippen LogP contribution in [0, 0.1) is 0 Å². The smallest absolute Gasteiger partial charge is 0.119 e. The lowest BCUT2D eigenvalue weighted by molar-refractivity contribution is 0.464. The molecular weight excluding hydrogens is 364 g/mol. The Morgan fingerprint density at radius 2 is 1.29 bits per heavy atom. The van der Waals surface area contributed by atoms with E-state index in [0.717, 1.165) is 37.1 Å². The SMILES string of the molecule is Oc1ccc2ccccc2c1Cc1c(O)ccc2cc(Br)ccc12. The van der Waals surface area contributed by atoms with Gasteiger partial charge in [0.2, 0.25) is 0 Å². The van der Waals surface area contributed by atoms with Gasteiger partial charge in [-0.05, 0) is 45.8 Å². The molecule has 0 radical (unpaired) electrons. The molecular formula is C21H15BrO2. The minimum absolute atomic E-state index is 0.247. The maximum atomic E-state index is 10.4. The summed E-state index contributed by atoms with van der Waals surface area (Å²) in [7, 11) is 0. The van der Waals surface area contributed by atoms with Gasteiger partial charge in [-0.15, -0.1) is 0 Å². The number of halogens is 1. The number of rotatable bonds is 2. The third kappa shape index (κ3) is 2.51. The number of phenolic OH excluding ortho intramolecular Hbond substituents is 2. The molecule has 0 atom stereocenters. The van der Waals surface area contributed by atoms with Crippen molar-refractivity contribution >= 4 is 37.5 Å². The zero-order valence-electron chi connectivity index (χ0n) is 12.8. The van der Waals surface area contributed by atoms with E-state index in [1.807, 2.05) is 54.6 Å². The van der Waals surface area contributed by atoms with E-state index in [4.69, 9.17) is 0 Å². The first-order valence-corrected chi connectivity index (χ1v) is 8.52. The van der Waals surface area contributed by atoms with Crippen LogP contribution in [-0.4, -0.2) is 10.2 Å². The molecule has 24 heavy (non-hydrogen) atoms. The molecule has 0 spiro atoms. The summed E-state index contributed by atoms with van der Waals surface area (Å²) in [6, 6.07) is 21.2. The Labute approximate surface area is 148 Å². The fourth-order valence-electron chi connectivity index (χ4n) is 3.23. The van der Waals surface area contributed by atoms with E-state index in [1.54, 1.807) is 12.1 Å². The van der Waals surface area contributed by atoms with E-state index in [1.165, 1.54) is 0 Å². The highest BCUT2D eigenvalue weighted by Gasteiger charge is 2.13. The lowest BCUT2D eigenvalue weighted by atomic mass is 9.93. The Morgan fingerprint density at radius 1 is 0.667 bits per heavy atom. The fraction of sp³-hybridized carbons (Fsp3) is 0.0476. The molecule has 0 saturated heterocycles. The van der Waals surface area contributed by atoms with Crippen LogP contribution in [0.2, 0.25) is 0 Å². The zero-order chi connectivity index (χ0) is 16.7. The van der Waals surface area contributed by atoms with Gasteiger partial charge in [-0.1, -0.05) is 58.4 Å². The van der Waals surface area contributed by atoms with Gasteiger partial charge in [0.15, 0.2) is 0 Å². The van der Waals surface area contributed by atoms with Crippen LogP contribution in [0.3, 0.4) is 0 Å². The average Bonchev–Trinajstić information content (AvgIpc) is 2.59. The molecule has 0 saturated carbocycles. The molecule has 4 aromatic rings. The summed E-state index contributed by atoms with van der Waals surface area (Å²) in [6.45, 7) is 0. The van der Waals surface area contributed by atoms with Crippen LogP contribution in [-0.2, 0) is 6.42 Å². The number of fused-ring (bicyclic) bond motifs is 2. The van der Waals surface area contributed by atoms with Crippen molar-refractivity contribution in [3.8, 4) is 11.5 Å². The molecule has 0 aliphatic carbocycles. The Hall–Kier alpha value is -2.52. The van der Waals surface area contributed by atoms with Crippen LogP contribution in [0.1, 0.15) is 11.1 Å². The van der Waals surface area contributed by atoms with E-state index in [9.17, 15) is 10.2 Å². The molecule has 118 valence electrons. The van der Waals surface area contributed by atoms with Crippen molar-refractivity contribution in [3.05, 3.63) is 82.3 Å². The van der Waals surface area contributed by atoms with Crippen molar-refractivity contribution in [3.63, 3.8) is 0 Å². The maximum absolute atomic E-state index is 10.4. The first-order chi connectivity index (χ1) is 11.6. The summed E-state index contributed by atoms with van der Waals surface area (Å²) < 4.78 is 1.000. The zero-order valence-corrected chi connectivity index (χ0v) is 14.4. The largest absolute Gasteiger partial charge is 0.508 e. The molecule has 0 amide bonds. The normalized spacial score (nSPS) is 11.2. The highest BCUT2D eigenvalue weighted by Crippen LogP contribution is 2.35. The van der Waals surface area contributed by atoms with E-state index in [2.05, 4.69) is 15.9 Å². The van der Waals surface area contributed by atoms with Gasteiger partial charge in [-0.25, -0.2) is 0 Å². The molecule has 0 aromatic heterocycles. The van der Waals surface area contributed by atoms with Crippen molar-refractivity contribution < 1.29 is 10.2 Å². The molecule has 4 aromatic carbocycles. The number of hydrogen-bond donors (Lipinski definition) is 2. The van der Waals surface area contributed by atoms with Crippen molar-refractivity contribution in [2.45, 2.75) is 6.42 Å². The summed E-state index contributed by atoms with van der Waals surface area (Å²) in [5, 5.41) is 24.9. The average molecular weight is 379 g/mol. The summed E-state index contributed by atoms with van der Waals surface area (Å²) in [6.07, 6.45) is 0.470. The van der Waals surface area contributed by atoms with Crippen LogP contribution < -0.4 is 0 Å². The summed E-state index contributed by atoms with van der Waals surface area (Å²) in [5.41, 5.74) is 1.66. The summed E-state index contributed by atoms with van der Waals surface area (Å²) >= 11 is 3.48. The Kier molecular flexibility index (Phi) is 3.66. The molecule has 2 N–H and O–H groups in total. The lowest BCUT2D eigenvalue weighted by Crippen LogP contribution is -1.93. The van der Waals surface area contributed by atoms with E-state index >= 15 is 0 Å². The first kappa shape index (κ1) is 15.0. The van der Waals surface area contributed by atoms with Crippen molar-refractivity contribution in [1.29, 1.82) is 0 Å². The minimum atomic E-state index is 0.247. The summed E-state index contributed by atoms with van der Waals surface area (Å²) in [4.78, 5) is 0. The molecule has 4 rings (SSSR count). The third-order valence-corrected chi connectivity index (χ3v) is 4.93. The van der Waals surface area contributed by atoms with Crippen LogP contribution in [0.15, 0.2) is 71.2 Å². The third-order valence-electron chi connectivity index (χ3n) is 4.44. The standard InChI is InChI=1S/C21H15BrO2/c22-15-7-8-17-14(11-15)6-10-21(24)19(17)12-18-16-4-2-1-3-13(16)5-9-20(18)23/h1-11,23-24H,12H2. The first-order valence-electron chi connectivity index (χ1n) is 7.73. The summed E-state index contributed by atoms with van der Waals surface area (Å²) in [5.74, 6) is 0.499. The highest BCUT2D eigenvalue weighted by atomic mass is 79.9. The predicted molar refractivity (Wildman–Crippen MR) is 102 cm³/mol. The monoisotopic (exact) mass is 378 g/mol. The Balaban J connectivity index is 1.95. The molecule has 0 fully saturated rings.